The number of hydrogen-bond acceptors (Lipinski definition) is 5. The number of hydrogen-bond donors (Lipinski definition) is 2. The minimum Gasteiger partial charge on any atom is -0.493 e. The summed E-state index contributed by atoms with van der Waals surface area (Å²) < 4.78 is 29.7. The molecule has 2 N–H and O–H groups in total. The Kier molecular flexibility index (Phi) is 3.96. The predicted octanol–water partition coefficient (Wildman–Crippen LogP) is 3.70. The van der Waals surface area contributed by atoms with Crippen molar-refractivity contribution in [1.29, 1.82) is 0 Å². The van der Waals surface area contributed by atoms with Gasteiger partial charge < -0.3 is 24.3 Å². The highest BCUT2D eigenvalue weighted by Crippen LogP contribution is 2.69. The van der Waals surface area contributed by atoms with E-state index in [1.807, 2.05) is 12.1 Å². The average Bonchev–Trinajstić information content (AvgIpc) is 3.35. The zero-order valence-electron chi connectivity index (χ0n) is 20.3. The molecule has 5 aliphatic rings. The number of nitrogens with zero attached hydrogens (tertiary/aromatic N) is 2. The van der Waals surface area contributed by atoms with Crippen LogP contribution in [0.3, 0.4) is 0 Å². The van der Waals surface area contributed by atoms with Crippen molar-refractivity contribution in [3.05, 3.63) is 70.7 Å². The molecule has 1 fully saturated rings. The number of aromatic nitrogens is 1. The molecule has 1 saturated heterocycles. The number of methoxy groups -OCH3 is 1. The number of fused-ring (bicyclic) bond motifs is 4. The Hall–Kier alpha value is -2.87. The molecule has 36 heavy (non-hydrogen) atoms. The van der Waals surface area contributed by atoms with E-state index in [2.05, 4.69) is 22.1 Å². The molecule has 6 nitrogen and oxygen atoms in total. The summed E-state index contributed by atoms with van der Waals surface area (Å²) in [5, 5.41) is 24.5. The summed E-state index contributed by atoms with van der Waals surface area (Å²) in [6, 6.07) is 7.03. The Morgan fingerprint density at radius 1 is 1.31 bits per heavy atom. The van der Waals surface area contributed by atoms with Crippen LogP contribution in [0.4, 0.5) is 4.39 Å². The highest BCUT2D eigenvalue weighted by atomic mass is 19.1. The van der Waals surface area contributed by atoms with Gasteiger partial charge >= 0.3 is 0 Å². The zero-order valence-corrected chi connectivity index (χ0v) is 20.3. The van der Waals surface area contributed by atoms with Gasteiger partial charge in [-0.25, -0.2) is 4.39 Å². The minimum atomic E-state index is -1.10. The average molecular weight is 489 g/mol. The number of aliphatic hydroxyl groups is 2. The van der Waals surface area contributed by atoms with Gasteiger partial charge in [0, 0.05) is 48.6 Å². The van der Waals surface area contributed by atoms with Crippen LogP contribution < -0.4 is 9.47 Å². The third-order valence-corrected chi connectivity index (χ3v) is 9.87. The fraction of sp³-hybridized carbons (Fsp3) is 0.448. The fourth-order valence-electron chi connectivity index (χ4n) is 8.56. The first kappa shape index (κ1) is 21.2. The van der Waals surface area contributed by atoms with Crippen LogP contribution in [0, 0.1) is 5.82 Å². The molecule has 1 spiro atoms. The van der Waals surface area contributed by atoms with Gasteiger partial charge in [-0.15, -0.1) is 6.58 Å². The predicted molar refractivity (Wildman–Crippen MR) is 132 cm³/mol. The van der Waals surface area contributed by atoms with Crippen LogP contribution in [-0.2, 0) is 24.8 Å². The van der Waals surface area contributed by atoms with Gasteiger partial charge in [-0.2, -0.15) is 0 Å². The van der Waals surface area contributed by atoms with Gasteiger partial charge in [0.1, 0.15) is 5.82 Å². The summed E-state index contributed by atoms with van der Waals surface area (Å²) in [6.45, 7) is 6.14. The molecule has 4 heterocycles. The van der Waals surface area contributed by atoms with E-state index in [4.69, 9.17) is 9.47 Å². The lowest BCUT2D eigenvalue weighted by molar-refractivity contribution is -0.171. The van der Waals surface area contributed by atoms with E-state index in [0.717, 1.165) is 46.4 Å². The maximum Gasteiger partial charge on any atom is 0.166 e. The van der Waals surface area contributed by atoms with Crippen LogP contribution in [0.25, 0.3) is 10.9 Å². The van der Waals surface area contributed by atoms with E-state index in [0.29, 0.717) is 43.7 Å². The topological polar surface area (TPSA) is 67.1 Å². The van der Waals surface area contributed by atoms with E-state index in [9.17, 15) is 14.6 Å². The van der Waals surface area contributed by atoms with Gasteiger partial charge in [-0.3, -0.25) is 4.90 Å². The first-order valence-corrected chi connectivity index (χ1v) is 12.9. The van der Waals surface area contributed by atoms with Crippen molar-refractivity contribution in [2.45, 2.75) is 61.5 Å². The summed E-state index contributed by atoms with van der Waals surface area (Å²) in [6.07, 6.45) is 3.18. The van der Waals surface area contributed by atoms with Crippen LogP contribution in [0.15, 0.2) is 36.9 Å². The first-order chi connectivity index (χ1) is 17.4. The Balaban J connectivity index is 1.48. The largest absolute Gasteiger partial charge is 0.493 e. The molecule has 8 rings (SSSR count). The van der Waals surface area contributed by atoms with Crippen LogP contribution in [-0.4, -0.2) is 51.5 Å². The van der Waals surface area contributed by atoms with Crippen molar-refractivity contribution in [1.82, 2.24) is 9.47 Å². The molecular formula is C29H29FN2O4. The Labute approximate surface area is 208 Å². The van der Waals surface area contributed by atoms with Crippen LogP contribution in [0.2, 0.25) is 0 Å². The van der Waals surface area contributed by atoms with E-state index in [1.54, 1.807) is 13.2 Å². The number of rotatable bonds is 3. The van der Waals surface area contributed by atoms with E-state index < -0.39 is 23.2 Å². The normalized spacial score (nSPS) is 33.2. The Morgan fingerprint density at radius 2 is 2.17 bits per heavy atom. The number of aliphatic hydroxyl groups excluding tert-OH is 1. The number of benzene rings is 2. The highest BCUT2D eigenvalue weighted by Gasteiger charge is 2.73. The molecule has 2 aromatic carbocycles. The molecule has 1 unspecified atom stereocenters. The lowest BCUT2D eigenvalue weighted by Gasteiger charge is -2.62. The van der Waals surface area contributed by atoms with Crippen LogP contribution in [0.5, 0.6) is 11.5 Å². The molecule has 3 aliphatic heterocycles. The van der Waals surface area contributed by atoms with E-state index in [1.165, 1.54) is 11.6 Å². The van der Waals surface area contributed by atoms with Crippen molar-refractivity contribution in [2.75, 3.05) is 20.2 Å². The lowest BCUT2D eigenvalue weighted by atomic mass is 9.49. The summed E-state index contributed by atoms with van der Waals surface area (Å²) in [5.74, 6) is 1.06. The molecule has 2 aliphatic carbocycles. The smallest absolute Gasteiger partial charge is 0.166 e. The summed E-state index contributed by atoms with van der Waals surface area (Å²) >= 11 is 0. The quantitative estimate of drug-likeness (QED) is 0.551. The lowest BCUT2D eigenvalue weighted by Crippen LogP contribution is -2.74. The standard InChI is InChI=1S/C29H29FN2O4/c1-3-8-31-10-7-28-23-15-4-5-21(35-2)26(23)36-27(28)25-19(14-29(28,34)22(31)11-15)17-12-16(30)13-18-20(33)6-9-32(25)24(17)18/h3-5,12-13,20,22,27,33-34H,1,6-11,14H2,2H3/t20-,22+,27-,28-,29?/m0/s1. The van der Waals surface area contributed by atoms with Gasteiger partial charge in [0.05, 0.1) is 35.4 Å². The molecule has 1 aromatic heterocycles. The number of likely N-dealkylation sites (tertiary alicyclic amines) is 1. The summed E-state index contributed by atoms with van der Waals surface area (Å²) in [7, 11) is 1.66. The van der Waals surface area contributed by atoms with Crippen molar-refractivity contribution in [2.24, 2.45) is 0 Å². The maximum absolute atomic E-state index is 14.9. The number of piperidine rings is 1. The number of aryl methyl sites for hydroxylation is 1. The van der Waals surface area contributed by atoms with Gasteiger partial charge in [0.2, 0.25) is 0 Å². The Bertz CT molecular complexity index is 1500. The second-order valence-corrected chi connectivity index (χ2v) is 11.2. The molecule has 0 radical (unpaired) electrons. The molecule has 3 aromatic rings. The SMILES string of the molecule is C=CCN1CC[C@]23c4c5ccc(OC)c4O[C@H]2c2c(c4cc(F)cc6c4n2CC[C@@H]6O)CC3(O)[C@H]1C5. The molecule has 2 bridgehead atoms. The second kappa shape index (κ2) is 6.71. The highest BCUT2D eigenvalue weighted by molar-refractivity contribution is 5.90. The number of ether oxygens (including phenoxy) is 2. The van der Waals surface area contributed by atoms with Gasteiger partial charge in [-0.05, 0) is 48.6 Å². The van der Waals surface area contributed by atoms with Gasteiger partial charge in [0.15, 0.2) is 17.6 Å². The van der Waals surface area contributed by atoms with E-state index >= 15 is 0 Å². The monoisotopic (exact) mass is 488 g/mol. The van der Waals surface area contributed by atoms with Crippen molar-refractivity contribution < 1.29 is 24.1 Å². The van der Waals surface area contributed by atoms with Crippen LogP contribution in [0.1, 0.15) is 53.0 Å². The van der Waals surface area contributed by atoms with Crippen LogP contribution >= 0.6 is 0 Å². The van der Waals surface area contributed by atoms with E-state index in [-0.39, 0.29) is 11.9 Å². The third kappa shape index (κ3) is 2.17. The molecule has 0 saturated carbocycles. The van der Waals surface area contributed by atoms with Crippen molar-refractivity contribution in [3.8, 4) is 11.5 Å². The Morgan fingerprint density at radius 3 is 2.97 bits per heavy atom. The number of halogens is 1. The molecular weight excluding hydrogens is 459 g/mol. The van der Waals surface area contributed by atoms with Crippen molar-refractivity contribution in [3.63, 3.8) is 0 Å². The molecule has 186 valence electrons. The molecule has 5 atom stereocenters. The fourth-order valence-corrected chi connectivity index (χ4v) is 8.56. The van der Waals surface area contributed by atoms with Gasteiger partial charge in [0.25, 0.3) is 0 Å². The molecule has 7 heteroatoms. The second-order valence-electron chi connectivity index (χ2n) is 11.2. The first-order valence-electron chi connectivity index (χ1n) is 12.9. The zero-order chi connectivity index (χ0) is 24.6. The third-order valence-electron chi connectivity index (χ3n) is 9.87. The maximum atomic E-state index is 14.9. The summed E-state index contributed by atoms with van der Waals surface area (Å²) in [4.78, 5) is 2.35. The minimum absolute atomic E-state index is 0.113. The van der Waals surface area contributed by atoms with Gasteiger partial charge in [-0.1, -0.05) is 12.1 Å². The molecule has 0 amide bonds. The van der Waals surface area contributed by atoms with Crippen molar-refractivity contribution >= 4 is 10.9 Å². The summed E-state index contributed by atoms with van der Waals surface area (Å²) in [5.41, 5.74) is 4.05.